The monoisotopic (exact) mass is 246 g/mol. The highest BCUT2D eigenvalue weighted by atomic mass is 16.5. The molecule has 0 heterocycles. The lowest BCUT2D eigenvalue weighted by atomic mass is 10.3. The number of ether oxygens (including phenoxy) is 2. The molecule has 0 aliphatic heterocycles. The Morgan fingerprint density at radius 3 is 2.72 bits per heavy atom. The Morgan fingerprint density at radius 1 is 1.28 bits per heavy atom. The van der Waals surface area contributed by atoms with E-state index in [-0.39, 0.29) is 6.04 Å². The van der Waals surface area contributed by atoms with Gasteiger partial charge in [-0.25, -0.2) is 0 Å². The number of benzene rings is 1. The van der Waals surface area contributed by atoms with Crippen LogP contribution in [0.5, 0.6) is 5.75 Å². The van der Waals surface area contributed by atoms with Crippen LogP contribution in [-0.2, 0) is 4.74 Å². The molecule has 1 N–H and O–H groups in total. The molecule has 2 rings (SSSR count). The van der Waals surface area contributed by atoms with Crippen LogP contribution in [0, 0.1) is 11.3 Å². The fourth-order valence-corrected chi connectivity index (χ4v) is 1.59. The fourth-order valence-electron chi connectivity index (χ4n) is 1.59. The van der Waals surface area contributed by atoms with E-state index in [9.17, 15) is 0 Å². The van der Waals surface area contributed by atoms with Crippen molar-refractivity contribution in [1.29, 1.82) is 5.26 Å². The van der Waals surface area contributed by atoms with E-state index in [2.05, 4.69) is 11.4 Å². The molecule has 1 aromatic carbocycles. The quantitative estimate of drug-likeness (QED) is 0.710. The Hall–Kier alpha value is -1.57. The van der Waals surface area contributed by atoms with Crippen LogP contribution >= 0.6 is 0 Å². The van der Waals surface area contributed by atoms with Crippen LogP contribution < -0.4 is 10.1 Å². The van der Waals surface area contributed by atoms with E-state index >= 15 is 0 Å². The van der Waals surface area contributed by atoms with Crippen LogP contribution in [-0.4, -0.2) is 31.9 Å². The number of rotatable bonds is 8. The first kappa shape index (κ1) is 12.9. The summed E-state index contributed by atoms with van der Waals surface area (Å²) in [6.45, 7) is 1.43. The third kappa shape index (κ3) is 4.74. The van der Waals surface area contributed by atoms with Gasteiger partial charge in [0, 0.05) is 6.04 Å². The molecule has 0 bridgehead atoms. The summed E-state index contributed by atoms with van der Waals surface area (Å²) in [6, 6.07) is 12.2. The minimum atomic E-state index is -0.200. The zero-order valence-electron chi connectivity index (χ0n) is 10.3. The first-order valence-electron chi connectivity index (χ1n) is 6.30. The first-order chi connectivity index (χ1) is 8.88. The molecule has 0 amide bonds. The summed E-state index contributed by atoms with van der Waals surface area (Å²) < 4.78 is 10.9. The Labute approximate surface area is 108 Å². The lowest BCUT2D eigenvalue weighted by Crippen LogP contribution is -2.34. The number of nitriles is 1. The van der Waals surface area contributed by atoms with Gasteiger partial charge in [-0.3, -0.25) is 5.32 Å². The maximum Gasteiger partial charge on any atom is 0.119 e. The average Bonchev–Trinajstić information content (AvgIpc) is 3.22. The Morgan fingerprint density at radius 2 is 2.06 bits per heavy atom. The number of hydrogen-bond donors (Lipinski definition) is 1. The second-order valence-corrected chi connectivity index (χ2v) is 4.36. The molecular formula is C14H18N2O2. The largest absolute Gasteiger partial charge is 0.491 e. The minimum Gasteiger partial charge on any atom is -0.491 e. The second kappa shape index (κ2) is 7.00. The fraction of sp³-hybridized carbons (Fsp3) is 0.500. The van der Waals surface area contributed by atoms with Crippen molar-refractivity contribution in [3.8, 4) is 11.8 Å². The lowest BCUT2D eigenvalue weighted by Gasteiger charge is -2.11. The van der Waals surface area contributed by atoms with Crippen LogP contribution in [0.1, 0.15) is 12.8 Å². The van der Waals surface area contributed by atoms with Gasteiger partial charge < -0.3 is 9.47 Å². The Balaban J connectivity index is 1.54. The van der Waals surface area contributed by atoms with Crippen LogP contribution in [0.25, 0.3) is 0 Å². The molecule has 0 aromatic heterocycles. The van der Waals surface area contributed by atoms with E-state index in [1.54, 1.807) is 0 Å². The molecule has 1 aliphatic carbocycles. The van der Waals surface area contributed by atoms with Gasteiger partial charge in [-0.1, -0.05) is 18.2 Å². The van der Waals surface area contributed by atoms with Crippen molar-refractivity contribution in [1.82, 2.24) is 5.32 Å². The molecular weight excluding hydrogens is 228 g/mol. The van der Waals surface area contributed by atoms with Gasteiger partial charge in [0.05, 0.1) is 19.3 Å². The number of para-hydroxylation sites is 1. The predicted octanol–water partition coefficient (Wildman–Crippen LogP) is 1.73. The van der Waals surface area contributed by atoms with E-state index in [0.29, 0.717) is 25.9 Å². The van der Waals surface area contributed by atoms with Gasteiger partial charge in [-0.2, -0.15) is 5.26 Å². The third-order valence-corrected chi connectivity index (χ3v) is 2.69. The molecule has 4 heteroatoms. The first-order valence-corrected chi connectivity index (χ1v) is 6.30. The van der Waals surface area contributed by atoms with Crippen LogP contribution in [0.15, 0.2) is 30.3 Å². The normalized spacial score (nSPS) is 15.9. The van der Waals surface area contributed by atoms with Crippen molar-refractivity contribution in [2.75, 3.05) is 19.8 Å². The molecule has 1 fully saturated rings. The molecule has 96 valence electrons. The topological polar surface area (TPSA) is 54.3 Å². The van der Waals surface area contributed by atoms with Gasteiger partial charge in [0.15, 0.2) is 0 Å². The summed E-state index contributed by atoms with van der Waals surface area (Å²) in [7, 11) is 0. The molecule has 0 spiro atoms. The van der Waals surface area contributed by atoms with Crippen LogP contribution in [0.3, 0.4) is 0 Å². The maximum absolute atomic E-state index is 8.91. The van der Waals surface area contributed by atoms with Crippen molar-refractivity contribution in [2.24, 2.45) is 0 Å². The zero-order chi connectivity index (χ0) is 12.6. The lowest BCUT2D eigenvalue weighted by molar-refractivity contribution is 0.0919. The van der Waals surface area contributed by atoms with Gasteiger partial charge in [0.1, 0.15) is 18.4 Å². The summed E-state index contributed by atoms with van der Waals surface area (Å²) in [4.78, 5) is 0. The predicted molar refractivity (Wildman–Crippen MR) is 68.3 cm³/mol. The summed E-state index contributed by atoms with van der Waals surface area (Å²) in [6.07, 6.45) is 2.35. The minimum absolute atomic E-state index is 0.200. The molecule has 18 heavy (non-hydrogen) atoms. The van der Waals surface area contributed by atoms with Crippen molar-refractivity contribution in [3.05, 3.63) is 30.3 Å². The van der Waals surface area contributed by atoms with E-state index in [1.165, 1.54) is 12.8 Å². The smallest absolute Gasteiger partial charge is 0.119 e. The van der Waals surface area contributed by atoms with Gasteiger partial charge in [-0.05, 0) is 25.0 Å². The highest BCUT2D eigenvalue weighted by molar-refractivity contribution is 5.20. The third-order valence-electron chi connectivity index (χ3n) is 2.69. The molecule has 0 radical (unpaired) electrons. The van der Waals surface area contributed by atoms with Crippen molar-refractivity contribution >= 4 is 0 Å². The molecule has 1 atom stereocenters. The van der Waals surface area contributed by atoms with Crippen molar-refractivity contribution in [3.63, 3.8) is 0 Å². The summed E-state index contributed by atoms with van der Waals surface area (Å²) in [5.74, 6) is 0.842. The number of nitrogens with zero attached hydrogens (tertiary/aromatic N) is 1. The van der Waals surface area contributed by atoms with E-state index < -0.39 is 0 Å². The Bertz CT molecular complexity index is 385. The van der Waals surface area contributed by atoms with Gasteiger partial charge >= 0.3 is 0 Å². The van der Waals surface area contributed by atoms with Crippen molar-refractivity contribution in [2.45, 2.75) is 24.9 Å². The van der Waals surface area contributed by atoms with Crippen LogP contribution in [0.4, 0.5) is 0 Å². The zero-order valence-corrected chi connectivity index (χ0v) is 10.3. The highest BCUT2D eigenvalue weighted by Gasteiger charge is 2.24. The van der Waals surface area contributed by atoms with Crippen molar-refractivity contribution < 1.29 is 9.47 Å². The maximum atomic E-state index is 8.91. The Kier molecular flexibility index (Phi) is 5.00. The number of nitrogens with one attached hydrogen (secondary N) is 1. The van der Waals surface area contributed by atoms with Gasteiger partial charge in [0.2, 0.25) is 0 Å². The van der Waals surface area contributed by atoms with Gasteiger partial charge in [-0.15, -0.1) is 0 Å². The summed E-state index contributed by atoms with van der Waals surface area (Å²) in [5.41, 5.74) is 0. The second-order valence-electron chi connectivity index (χ2n) is 4.36. The summed E-state index contributed by atoms with van der Waals surface area (Å²) >= 11 is 0. The standard InChI is InChI=1S/C14H18N2O2/c15-10-13(16-12-6-7-12)11-17-8-9-18-14-4-2-1-3-5-14/h1-5,12-13,16H,6-9,11H2. The molecule has 1 aromatic rings. The molecule has 1 aliphatic rings. The SMILES string of the molecule is N#CC(COCCOc1ccccc1)NC1CC1. The molecule has 1 unspecified atom stereocenters. The highest BCUT2D eigenvalue weighted by Crippen LogP contribution is 2.19. The number of hydrogen-bond acceptors (Lipinski definition) is 4. The molecule has 0 saturated heterocycles. The average molecular weight is 246 g/mol. The summed E-state index contributed by atoms with van der Waals surface area (Å²) in [5, 5.41) is 12.1. The van der Waals surface area contributed by atoms with Gasteiger partial charge in [0.25, 0.3) is 0 Å². The molecule has 1 saturated carbocycles. The van der Waals surface area contributed by atoms with E-state index in [0.717, 1.165) is 5.75 Å². The van der Waals surface area contributed by atoms with E-state index in [4.69, 9.17) is 14.7 Å². The van der Waals surface area contributed by atoms with Crippen LogP contribution in [0.2, 0.25) is 0 Å². The van der Waals surface area contributed by atoms with E-state index in [1.807, 2.05) is 30.3 Å². The molecule has 4 nitrogen and oxygen atoms in total.